The van der Waals surface area contributed by atoms with Gasteiger partial charge in [-0.05, 0) is 34.0 Å². The predicted octanol–water partition coefficient (Wildman–Crippen LogP) is 3.59. The van der Waals surface area contributed by atoms with Crippen LogP contribution in [0.3, 0.4) is 0 Å². The molecule has 0 saturated carbocycles. The number of aromatic nitrogens is 3. The van der Waals surface area contributed by atoms with Crippen LogP contribution >= 0.6 is 15.9 Å². The van der Waals surface area contributed by atoms with Crippen LogP contribution in [-0.2, 0) is 0 Å². The van der Waals surface area contributed by atoms with Crippen molar-refractivity contribution in [3.8, 4) is 16.9 Å². The predicted molar refractivity (Wildman–Crippen MR) is 83.6 cm³/mol. The molecule has 0 bridgehead atoms. The number of pyridine rings is 1. The summed E-state index contributed by atoms with van der Waals surface area (Å²) in [6, 6.07) is 10.1. The average Bonchev–Trinajstić information content (AvgIpc) is 2.95. The molecule has 1 aromatic carbocycles. The first-order valence-corrected chi connectivity index (χ1v) is 6.97. The number of nitrogens with two attached hydrogens (primary N) is 1. The fourth-order valence-corrected chi connectivity index (χ4v) is 2.47. The third-order valence-electron chi connectivity index (χ3n) is 3.19. The fourth-order valence-electron chi connectivity index (χ4n) is 1.96. The van der Waals surface area contributed by atoms with E-state index in [-0.39, 0.29) is 0 Å². The van der Waals surface area contributed by atoms with Gasteiger partial charge in [0, 0.05) is 11.8 Å². The maximum absolute atomic E-state index is 5.84. The van der Waals surface area contributed by atoms with E-state index in [1.807, 2.05) is 37.5 Å². The Morgan fingerprint density at radius 3 is 2.60 bits per heavy atom. The topological polar surface area (TPSA) is 56.7 Å². The zero-order chi connectivity index (χ0) is 14.1. The number of nitrogen functional groups attached to an aromatic ring is 1. The normalized spacial score (nSPS) is 10.7. The molecule has 0 atom stereocenters. The molecule has 0 radical (unpaired) electrons. The van der Waals surface area contributed by atoms with Crippen LogP contribution < -0.4 is 5.73 Å². The Morgan fingerprint density at radius 2 is 1.85 bits per heavy atom. The second kappa shape index (κ2) is 5.09. The van der Waals surface area contributed by atoms with Crippen LogP contribution in [0.15, 0.2) is 53.4 Å². The van der Waals surface area contributed by atoms with E-state index in [1.54, 1.807) is 10.9 Å². The van der Waals surface area contributed by atoms with Crippen molar-refractivity contribution in [2.24, 2.45) is 0 Å². The van der Waals surface area contributed by atoms with Crippen LogP contribution in [0, 0.1) is 6.92 Å². The largest absolute Gasteiger partial charge is 0.397 e. The van der Waals surface area contributed by atoms with E-state index >= 15 is 0 Å². The quantitative estimate of drug-likeness (QED) is 0.782. The van der Waals surface area contributed by atoms with Gasteiger partial charge in [0.15, 0.2) is 5.82 Å². The van der Waals surface area contributed by atoms with Gasteiger partial charge in [0.1, 0.15) is 0 Å². The maximum atomic E-state index is 5.84. The summed E-state index contributed by atoms with van der Waals surface area (Å²) in [5, 5.41) is 4.38. The van der Waals surface area contributed by atoms with Crippen molar-refractivity contribution in [1.29, 1.82) is 0 Å². The van der Waals surface area contributed by atoms with Crippen molar-refractivity contribution in [2.45, 2.75) is 6.92 Å². The molecule has 0 saturated heterocycles. The molecule has 3 rings (SSSR count). The van der Waals surface area contributed by atoms with E-state index in [2.05, 4.69) is 38.1 Å². The van der Waals surface area contributed by atoms with Crippen LogP contribution in [0.25, 0.3) is 16.9 Å². The molecule has 5 heteroatoms. The second-order valence-corrected chi connectivity index (χ2v) is 5.31. The van der Waals surface area contributed by atoms with Crippen molar-refractivity contribution >= 4 is 21.6 Å². The lowest BCUT2D eigenvalue weighted by atomic mass is 10.1. The summed E-state index contributed by atoms with van der Waals surface area (Å²) in [7, 11) is 0. The Labute approximate surface area is 125 Å². The summed E-state index contributed by atoms with van der Waals surface area (Å²) in [6.45, 7) is 1.95. The molecular weight excluding hydrogens is 316 g/mol. The Bertz CT molecular complexity index is 750. The molecule has 2 N–H and O–H groups in total. The Balaban J connectivity index is 2.05. The van der Waals surface area contributed by atoms with Gasteiger partial charge in [-0.25, -0.2) is 9.67 Å². The molecule has 0 fully saturated rings. The minimum absolute atomic E-state index is 0.663. The van der Waals surface area contributed by atoms with Gasteiger partial charge in [0.2, 0.25) is 0 Å². The standard InChI is InChI=1S/C15H13BrN4/c1-10-13(17)8-18-15(14(10)16)20-9-12(7-19-20)11-5-3-2-4-6-11/h2-9H,17H2,1H3. The molecule has 20 heavy (non-hydrogen) atoms. The lowest BCUT2D eigenvalue weighted by molar-refractivity contribution is 0.840. The summed E-state index contributed by atoms with van der Waals surface area (Å²) < 4.78 is 2.61. The van der Waals surface area contributed by atoms with Gasteiger partial charge in [-0.15, -0.1) is 0 Å². The molecule has 100 valence electrons. The van der Waals surface area contributed by atoms with Crippen LogP contribution in [-0.4, -0.2) is 14.8 Å². The molecule has 0 unspecified atom stereocenters. The highest BCUT2D eigenvalue weighted by Gasteiger charge is 2.11. The molecule has 2 aromatic heterocycles. The highest BCUT2D eigenvalue weighted by Crippen LogP contribution is 2.27. The molecule has 4 nitrogen and oxygen atoms in total. The van der Waals surface area contributed by atoms with Gasteiger partial charge in [-0.2, -0.15) is 5.10 Å². The zero-order valence-electron chi connectivity index (χ0n) is 10.9. The number of hydrogen-bond donors (Lipinski definition) is 1. The van der Waals surface area contributed by atoms with Gasteiger partial charge in [0.05, 0.1) is 22.6 Å². The summed E-state index contributed by atoms with van der Waals surface area (Å²) in [5.74, 6) is 0.735. The van der Waals surface area contributed by atoms with Crippen LogP contribution in [0.4, 0.5) is 5.69 Å². The number of anilines is 1. The smallest absolute Gasteiger partial charge is 0.168 e. The van der Waals surface area contributed by atoms with Crippen molar-refractivity contribution < 1.29 is 0 Å². The minimum Gasteiger partial charge on any atom is -0.397 e. The number of nitrogens with zero attached hydrogens (tertiary/aromatic N) is 3. The van der Waals surface area contributed by atoms with E-state index in [4.69, 9.17) is 5.73 Å². The van der Waals surface area contributed by atoms with Gasteiger partial charge in [-0.1, -0.05) is 30.3 Å². The van der Waals surface area contributed by atoms with Crippen molar-refractivity contribution in [1.82, 2.24) is 14.8 Å². The molecule has 0 aliphatic heterocycles. The summed E-state index contributed by atoms with van der Waals surface area (Å²) >= 11 is 3.53. The van der Waals surface area contributed by atoms with Gasteiger partial charge < -0.3 is 5.73 Å². The molecule has 0 spiro atoms. The van der Waals surface area contributed by atoms with E-state index in [0.29, 0.717) is 5.69 Å². The Kier molecular flexibility index (Phi) is 3.28. The number of rotatable bonds is 2. The Morgan fingerprint density at radius 1 is 1.10 bits per heavy atom. The SMILES string of the molecule is Cc1c(N)cnc(-n2cc(-c3ccccc3)cn2)c1Br. The first-order chi connectivity index (χ1) is 9.66. The molecular formula is C15H13BrN4. The fraction of sp³-hybridized carbons (Fsp3) is 0.0667. The van der Waals surface area contributed by atoms with E-state index in [9.17, 15) is 0 Å². The van der Waals surface area contributed by atoms with Gasteiger partial charge >= 0.3 is 0 Å². The average molecular weight is 329 g/mol. The number of benzene rings is 1. The summed E-state index contributed by atoms with van der Waals surface area (Å²) in [6.07, 6.45) is 5.44. The molecule has 0 aliphatic carbocycles. The highest BCUT2D eigenvalue weighted by atomic mass is 79.9. The third-order valence-corrected chi connectivity index (χ3v) is 4.14. The van der Waals surface area contributed by atoms with Gasteiger partial charge in [0.25, 0.3) is 0 Å². The zero-order valence-corrected chi connectivity index (χ0v) is 12.5. The van der Waals surface area contributed by atoms with Crippen molar-refractivity contribution in [3.05, 3.63) is 59.0 Å². The number of halogens is 1. The van der Waals surface area contributed by atoms with Crippen molar-refractivity contribution in [2.75, 3.05) is 5.73 Å². The van der Waals surface area contributed by atoms with E-state index in [1.165, 1.54) is 0 Å². The number of hydrogen-bond acceptors (Lipinski definition) is 3. The van der Waals surface area contributed by atoms with Gasteiger partial charge in [-0.3, -0.25) is 0 Å². The van der Waals surface area contributed by atoms with Crippen LogP contribution in [0.1, 0.15) is 5.56 Å². The van der Waals surface area contributed by atoms with Crippen LogP contribution in [0.5, 0.6) is 0 Å². The second-order valence-electron chi connectivity index (χ2n) is 4.52. The monoisotopic (exact) mass is 328 g/mol. The Hall–Kier alpha value is -2.14. The molecule has 0 amide bonds. The summed E-state index contributed by atoms with van der Waals surface area (Å²) in [4.78, 5) is 4.34. The third kappa shape index (κ3) is 2.20. The maximum Gasteiger partial charge on any atom is 0.168 e. The lowest BCUT2D eigenvalue weighted by Crippen LogP contribution is -2.02. The van der Waals surface area contributed by atoms with Crippen molar-refractivity contribution in [3.63, 3.8) is 0 Å². The lowest BCUT2D eigenvalue weighted by Gasteiger charge is -2.08. The van der Waals surface area contributed by atoms with Crippen LogP contribution in [0.2, 0.25) is 0 Å². The molecule has 2 heterocycles. The first kappa shape index (κ1) is 12.9. The molecule has 0 aliphatic rings. The minimum atomic E-state index is 0.663. The first-order valence-electron chi connectivity index (χ1n) is 6.18. The molecule has 3 aromatic rings. The van der Waals surface area contributed by atoms with E-state index in [0.717, 1.165) is 27.0 Å². The van der Waals surface area contributed by atoms with E-state index < -0.39 is 0 Å². The summed E-state index contributed by atoms with van der Waals surface area (Å²) in [5.41, 5.74) is 9.65. The highest BCUT2D eigenvalue weighted by molar-refractivity contribution is 9.10.